The van der Waals surface area contributed by atoms with Gasteiger partial charge < -0.3 is 4.57 Å². The van der Waals surface area contributed by atoms with E-state index in [-0.39, 0.29) is 11.2 Å². The molecule has 0 spiro atoms. The van der Waals surface area contributed by atoms with Crippen molar-refractivity contribution in [3.05, 3.63) is 59.6 Å². The molecule has 0 N–H and O–H groups in total. The van der Waals surface area contributed by atoms with Crippen LogP contribution in [0.1, 0.15) is 18.7 Å². The van der Waals surface area contributed by atoms with Crippen molar-refractivity contribution in [2.24, 2.45) is 7.05 Å². The Morgan fingerprint density at radius 1 is 1.32 bits per heavy atom. The van der Waals surface area contributed by atoms with Gasteiger partial charge in [0.1, 0.15) is 0 Å². The molecule has 0 atom stereocenters. The molecular weight excluding hydrogens is 404 g/mol. The van der Waals surface area contributed by atoms with Gasteiger partial charge in [0.05, 0.1) is 0 Å². The fourth-order valence-corrected chi connectivity index (χ4v) is 3.85. The Labute approximate surface area is 157 Å². The molecule has 0 radical (unpaired) electrons. The fraction of sp³-hybridized carbons (Fsp3) is 0.353. The van der Waals surface area contributed by atoms with E-state index in [9.17, 15) is 9.59 Å². The normalized spacial score (nSPS) is 11.2. The first kappa shape index (κ1) is 17.9. The summed E-state index contributed by atoms with van der Waals surface area (Å²) in [5.74, 6) is 0. The number of halogens is 1. The number of allylic oxidation sites excluding steroid dienone is 2. The molecule has 132 valence electrons. The zero-order valence-corrected chi connectivity index (χ0v) is 16.7. The van der Waals surface area contributed by atoms with Crippen molar-refractivity contribution >= 4 is 38.4 Å². The minimum absolute atomic E-state index is 0.296. The van der Waals surface area contributed by atoms with E-state index >= 15 is 0 Å². The molecule has 0 aliphatic carbocycles. The number of imidazole rings is 1. The quantitative estimate of drug-likeness (QED) is 0.468. The van der Waals surface area contributed by atoms with Crippen molar-refractivity contribution in [1.29, 1.82) is 0 Å². The molecule has 6 nitrogen and oxygen atoms in total. The molecule has 0 saturated heterocycles. The molecule has 0 amide bonds. The molecule has 0 aliphatic rings. The first-order chi connectivity index (χ1) is 11.9. The predicted octanol–water partition coefficient (Wildman–Crippen LogP) is 2.93. The van der Waals surface area contributed by atoms with E-state index < -0.39 is 0 Å². The number of fused-ring (bicyclic) bond motifs is 1. The van der Waals surface area contributed by atoms with E-state index in [0.717, 1.165) is 10.5 Å². The van der Waals surface area contributed by atoms with Crippen LogP contribution in [-0.4, -0.2) is 18.7 Å². The average molecular weight is 423 g/mol. The van der Waals surface area contributed by atoms with Gasteiger partial charge in [-0.25, -0.2) is 9.78 Å². The number of hydrogen-bond donors (Lipinski definition) is 0. The topological polar surface area (TPSA) is 61.8 Å². The van der Waals surface area contributed by atoms with Gasteiger partial charge in [-0.15, -0.1) is 11.3 Å². The third-order valence-electron chi connectivity index (χ3n) is 4.03. The zero-order valence-electron chi connectivity index (χ0n) is 14.3. The molecule has 0 bridgehead atoms. The highest BCUT2D eigenvalue weighted by atomic mass is 79.9. The minimum Gasteiger partial charge on any atom is -0.309 e. The summed E-state index contributed by atoms with van der Waals surface area (Å²) in [6.07, 6.45) is 2.67. The van der Waals surface area contributed by atoms with Gasteiger partial charge in [-0.05, 0) is 47.6 Å². The highest BCUT2D eigenvalue weighted by Crippen LogP contribution is 2.17. The Morgan fingerprint density at radius 3 is 2.72 bits per heavy atom. The SMILES string of the molecule is CC(C)=CCn1c(Br)nc2c1c(=O)n(CCc1cccs1)c(=O)n2C. The summed E-state index contributed by atoms with van der Waals surface area (Å²) in [5, 5.41) is 1.99. The van der Waals surface area contributed by atoms with Crippen LogP contribution in [0.3, 0.4) is 0 Å². The van der Waals surface area contributed by atoms with Crippen molar-refractivity contribution in [1.82, 2.24) is 18.7 Å². The summed E-state index contributed by atoms with van der Waals surface area (Å²) in [5.41, 5.74) is 1.36. The molecule has 3 aromatic heterocycles. The van der Waals surface area contributed by atoms with E-state index in [1.54, 1.807) is 23.0 Å². The van der Waals surface area contributed by atoms with Crippen LogP contribution in [0.4, 0.5) is 0 Å². The van der Waals surface area contributed by atoms with Crippen LogP contribution in [0.15, 0.2) is 43.5 Å². The van der Waals surface area contributed by atoms with Gasteiger partial charge in [0.25, 0.3) is 5.56 Å². The maximum Gasteiger partial charge on any atom is 0.332 e. The van der Waals surface area contributed by atoms with Crippen LogP contribution < -0.4 is 11.2 Å². The standard InChI is InChI=1S/C17H19BrN4O2S/c1-11(2)6-8-21-13-14(19-16(21)18)20(3)17(24)22(15(13)23)9-7-12-5-4-10-25-12/h4-6,10H,7-9H2,1-3H3. The van der Waals surface area contributed by atoms with Gasteiger partial charge in [0.2, 0.25) is 0 Å². The molecule has 3 aromatic rings. The lowest BCUT2D eigenvalue weighted by Crippen LogP contribution is -2.40. The van der Waals surface area contributed by atoms with Gasteiger partial charge in [0.15, 0.2) is 15.9 Å². The maximum atomic E-state index is 13.0. The second-order valence-electron chi connectivity index (χ2n) is 6.07. The third kappa shape index (κ3) is 3.41. The molecule has 3 rings (SSSR count). The molecule has 0 fully saturated rings. The van der Waals surface area contributed by atoms with Crippen molar-refractivity contribution < 1.29 is 0 Å². The number of aryl methyl sites for hydroxylation is 2. The van der Waals surface area contributed by atoms with E-state index in [1.165, 1.54) is 9.13 Å². The number of rotatable bonds is 5. The smallest absolute Gasteiger partial charge is 0.309 e. The number of thiophene rings is 1. The summed E-state index contributed by atoms with van der Waals surface area (Å²) in [6, 6.07) is 3.98. The molecule has 3 heterocycles. The Kier molecular flexibility index (Phi) is 5.10. The van der Waals surface area contributed by atoms with Crippen molar-refractivity contribution in [3.8, 4) is 0 Å². The van der Waals surface area contributed by atoms with E-state index in [2.05, 4.69) is 20.9 Å². The van der Waals surface area contributed by atoms with Crippen molar-refractivity contribution in [2.45, 2.75) is 33.4 Å². The maximum absolute atomic E-state index is 13.0. The first-order valence-electron chi connectivity index (χ1n) is 7.91. The van der Waals surface area contributed by atoms with Gasteiger partial charge in [-0.1, -0.05) is 17.7 Å². The Balaban J connectivity index is 2.14. The monoisotopic (exact) mass is 422 g/mol. The van der Waals surface area contributed by atoms with Crippen LogP contribution in [0.2, 0.25) is 0 Å². The average Bonchev–Trinajstić information content (AvgIpc) is 3.18. The molecule has 25 heavy (non-hydrogen) atoms. The van der Waals surface area contributed by atoms with Gasteiger partial charge in [0, 0.05) is 25.0 Å². The van der Waals surface area contributed by atoms with Crippen molar-refractivity contribution in [2.75, 3.05) is 0 Å². The molecule has 0 aliphatic heterocycles. The molecular formula is C17H19BrN4O2S. The van der Waals surface area contributed by atoms with Gasteiger partial charge >= 0.3 is 5.69 Å². The third-order valence-corrected chi connectivity index (χ3v) is 5.57. The predicted molar refractivity (Wildman–Crippen MR) is 104 cm³/mol. The van der Waals surface area contributed by atoms with Gasteiger partial charge in [-0.2, -0.15) is 0 Å². The molecule has 8 heteroatoms. The van der Waals surface area contributed by atoms with Crippen molar-refractivity contribution in [3.63, 3.8) is 0 Å². The second kappa shape index (κ2) is 7.13. The van der Waals surface area contributed by atoms with Crippen LogP contribution in [0, 0.1) is 0 Å². The Bertz CT molecular complexity index is 1050. The molecule has 0 unspecified atom stereocenters. The lowest BCUT2D eigenvalue weighted by atomic mass is 10.3. The minimum atomic E-state index is -0.339. The van der Waals surface area contributed by atoms with E-state index in [4.69, 9.17) is 0 Å². The number of hydrogen-bond acceptors (Lipinski definition) is 4. The largest absolute Gasteiger partial charge is 0.332 e. The summed E-state index contributed by atoms with van der Waals surface area (Å²) in [4.78, 5) is 31.1. The summed E-state index contributed by atoms with van der Waals surface area (Å²) < 4.78 is 5.08. The first-order valence-corrected chi connectivity index (χ1v) is 9.58. The van der Waals surface area contributed by atoms with E-state index in [1.807, 2.05) is 37.4 Å². The van der Waals surface area contributed by atoms with Crippen LogP contribution in [-0.2, 0) is 26.6 Å². The van der Waals surface area contributed by atoms with Crippen LogP contribution in [0.5, 0.6) is 0 Å². The Morgan fingerprint density at radius 2 is 2.08 bits per heavy atom. The highest BCUT2D eigenvalue weighted by molar-refractivity contribution is 9.10. The molecule has 0 saturated carbocycles. The van der Waals surface area contributed by atoms with E-state index in [0.29, 0.717) is 35.4 Å². The summed E-state index contributed by atoms with van der Waals surface area (Å²) in [7, 11) is 1.65. The summed E-state index contributed by atoms with van der Waals surface area (Å²) >= 11 is 5.03. The lowest BCUT2D eigenvalue weighted by molar-refractivity contribution is 0.603. The van der Waals surface area contributed by atoms with Crippen LogP contribution >= 0.6 is 27.3 Å². The number of aromatic nitrogens is 4. The summed E-state index contributed by atoms with van der Waals surface area (Å²) in [6.45, 7) is 4.88. The number of nitrogens with zero attached hydrogens (tertiary/aromatic N) is 4. The van der Waals surface area contributed by atoms with Crippen LogP contribution in [0.25, 0.3) is 11.2 Å². The zero-order chi connectivity index (χ0) is 18.1. The lowest BCUT2D eigenvalue weighted by Gasteiger charge is -2.09. The fourth-order valence-electron chi connectivity index (χ4n) is 2.66. The second-order valence-corrected chi connectivity index (χ2v) is 7.81. The van der Waals surface area contributed by atoms with Gasteiger partial charge in [-0.3, -0.25) is 13.9 Å². The highest BCUT2D eigenvalue weighted by Gasteiger charge is 2.18. The Hall–Kier alpha value is -1.93. The molecule has 0 aromatic carbocycles.